The first-order valence-corrected chi connectivity index (χ1v) is 8.35. The monoisotopic (exact) mass is 343 g/mol. The van der Waals surface area contributed by atoms with Gasteiger partial charge < -0.3 is 18.8 Å². The van der Waals surface area contributed by atoms with Crippen LogP contribution in [0.5, 0.6) is 5.75 Å². The second-order valence-electron chi connectivity index (χ2n) is 7.36. The van der Waals surface area contributed by atoms with Gasteiger partial charge in [0.15, 0.2) is 5.76 Å². The molecule has 2 heterocycles. The van der Waals surface area contributed by atoms with Crippen LogP contribution < -0.4 is 4.74 Å². The minimum atomic E-state index is -0.549. The summed E-state index contributed by atoms with van der Waals surface area (Å²) in [5.41, 5.74) is 0.647. The standard InChI is InChI=1S/C19H21NO5/c1-19(2)11-9-20(16(15(11)19)18(22)24-4)17(21)14-8-10-12(23-3)6-5-7-13(10)25-14/h5-8,11,15-16H,9H2,1-4H3/t11-,15-,16-/m0/s1. The molecule has 0 radical (unpaired) electrons. The third kappa shape index (κ3) is 2.16. The zero-order valence-electron chi connectivity index (χ0n) is 14.7. The van der Waals surface area contributed by atoms with Crippen molar-refractivity contribution in [1.29, 1.82) is 0 Å². The minimum absolute atomic E-state index is 0.0622. The van der Waals surface area contributed by atoms with Crippen molar-refractivity contribution in [2.75, 3.05) is 20.8 Å². The van der Waals surface area contributed by atoms with Gasteiger partial charge in [-0.1, -0.05) is 19.9 Å². The molecule has 2 aliphatic rings. The highest BCUT2D eigenvalue weighted by atomic mass is 16.5. The third-order valence-electron chi connectivity index (χ3n) is 5.86. The number of rotatable bonds is 3. The van der Waals surface area contributed by atoms with Crippen LogP contribution in [0.4, 0.5) is 0 Å². The fourth-order valence-corrected chi connectivity index (χ4v) is 4.34. The van der Waals surface area contributed by atoms with E-state index >= 15 is 0 Å². The SMILES string of the molecule is COC(=O)[C@@H]1[C@@H]2[C@H](CN1C(=O)c1cc3c(OC)cccc3o1)C2(C)C. The van der Waals surface area contributed by atoms with Crippen molar-refractivity contribution in [3.8, 4) is 5.75 Å². The Morgan fingerprint density at radius 1 is 1.28 bits per heavy atom. The summed E-state index contributed by atoms with van der Waals surface area (Å²) in [6.45, 7) is 4.81. The lowest BCUT2D eigenvalue weighted by molar-refractivity contribution is -0.146. The zero-order chi connectivity index (χ0) is 17.9. The Kier molecular flexibility index (Phi) is 3.36. The lowest BCUT2D eigenvalue weighted by Crippen LogP contribution is -2.45. The smallest absolute Gasteiger partial charge is 0.328 e. The second kappa shape index (κ2) is 5.25. The third-order valence-corrected chi connectivity index (χ3v) is 5.86. The fraction of sp³-hybridized carbons (Fsp3) is 0.474. The van der Waals surface area contributed by atoms with Gasteiger partial charge in [0.2, 0.25) is 0 Å². The van der Waals surface area contributed by atoms with E-state index in [0.29, 0.717) is 23.8 Å². The van der Waals surface area contributed by atoms with Crippen LogP contribution in [0.2, 0.25) is 0 Å². The van der Waals surface area contributed by atoms with E-state index in [-0.39, 0.29) is 29.0 Å². The van der Waals surface area contributed by atoms with E-state index in [1.165, 1.54) is 7.11 Å². The summed E-state index contributed by atoms with van der Waals surface area (Å²) in [5, 5.41) is 0.743. The molecule has 2 fully saturated rings. The van der Waals surface area contributed by atoms with Crippen molar-refractivity contribution in [1.82, 2.24) is 4.90 Å². The number of esters is 1. The largest absolute Gasteiger partial charge is 0.496 e. The first-order valence-electron chi connectivity index (χ1n) is 8.35. The molecule has 0 bridgehead atoms. The van der Waals surface area contributed by atoms with Crippen molar-refractivity contribution in [2.45, 2.75) is 19.9 Å². The van der Waals surface area contributed by atoms with E-state index in [1.54, 1.807) is 24.1 Å². The molecular formula is C19H21NO5. The normalized spacial score (nSPS) is 26.4. The van der Waals surface area contributed by atoms with Crippen LogP contribution in [-0.4, -0.2) is 43.6 Å². The quantitative estimate of drug-likeness (QED) is 0.802. The van der Waals surface area contributed by atoms with E-state index < -0.39 is 6.04 Å². The summed E-state index contributed by atoms with van der Waals surface area (Å²) in [4.78, 5) is 26.9. The molecule has 132 valence electrons. The van der Waals surface area contributed by atoms with Gasteiger partial charge in [0.1, 0.15) is 17.4 Å². The molecule has 1 amide bonds. The second-order valence-corrected chi connectivity index (χ2v) is 7.36. The van der Waals surface area contributed by atoms with Gasteiger partial charge in [-0.2, -0.15) is 0 Å². The molecule has 0 N–H and O–H groups in total. The Balaban J connectivity index is 1.68. The predicted octanol–water partition coefficient (Wildman–Crippen LogP) is 2.71. The first kappa shape index (κ1) is 16.0. The van der Waals surface area contributed by atoms with Crippen LogP contribution in [0, 0.1) is 17.3 Å². The first-order chi connectivity index (χ1) is 11.9. The number of benzene rings is 1. The predicted molar refractivity (Wildman–Crippen MR) is 90.4 cm³/mol. The molecule has 0 spiro atoms. The van der Waals surface area contributed by atoms with Gasteiger partial charge in [-0.05, 0) is 23.5 Å². The van der Waals surface area contributed by atoms with E-state index in [1.807, 2.05) is 12.1 Å². The van der Waals surface area contributed by atoms with Crippen LogP contribution in [0.3, 0.4) is 0 Å². The molecule has 3 atom stereocenters. The van der Waals surface area contributed by atoms with E-state index in [9.17, 15) is 9.59 Å². The van der Waals surface area contributed by atoms with Crippen molar-refractivity contribution in [3.63, 3.8) is 0 Å². The number of hydrogen-bond donors (Lipinski definition) is 0. The number of fused-ring (bicyclic) bond motifs is 2. The number of hydrogen-bond acceptors (Lipinski definition) is 5. The summed E-state index contributed by atoms with van der Waals surface area (Å²) in [5.74, 6) is 0.682. The molecule has 1 aromatic carbocycles. The molecule has 2 aromatic rings. The van der Waals surface area contributed by atoms with Crippen molar-refractivity contribution in [2.24, 2.45) is 17.3 Å². The fourth-order valence-electron chi connectivity index (χ4n) is 4.34. The number of likely N-dealkylation sites (tertiary alicyclic amines) is 1. The maximum absolute atomic E-state index is 13.0. The summed E-state index contributed by atoms with van der Waals surface area (Å²) in [7, 11) is 2.94. The highest BCUT2D eigenvalue weighted by Crippen LogP contribution is 2.65. The Bertz CT molecular complexity index is 868. The van der Waals surface area contributed by atoms with Gasteiger partial charge >= 0.3 is 5.97 Å². The van der Waals surface area contributed by atoms with Gasteiger partial charge in [0.05, 0.1) is 19.6 Å². The van der Waals surface area contributed by atoms with Crippen LogP contribution >= 0.6 is 0 Å². The van der Waals surface area contributed by atoms with E-state index in [2.05, 4.69) is 13.8 Å². The number of nitrogens with zero attached hydrogens (tertiary/aromatic N) is 1. The Morgan fingerprint density at radius 2 is 2.04 bits per heavy atom. The van der Waals surface area contributed by atoms with Crippen molar-refractivity contribution >= 4 is 22.8 Å². The maximum atomic E-state index is 13.0. The molecule has 1 saturated carbocycles. The molecule has 25 heavy (non-hydrogen) atoms. The Morgan fingerprint density at radius 3 is 2.72 bits per heavy atom. The average molecular weight is 343 g/mol. The lowest BCUT2D eigenvalue weighted by Gasteiger charge is -2.28. The molecule has 4 rings (SSSR count). The zero-order valence-corrected chi connectivity index (χ0v) is 14.7. The number of carbonyl (C=O) groups is 2. The number of piperidine rings is 1. The van der Waals surface area contributed by atoms with Crippen molar-refractivity contribution in [3.05, 3.63) is 30.0 Å². The van der Waals surface area contributed by atoms with Gasteiger partial charge in [-0.25, -0.2) is 4.79 Å². The molecule has 1 aliphatic carbocycles. The minimum Gasteiger partial charge on any atom is -0.496 e. The van der Waals surface area contributed by atoms with Crippen LogP contribution in [0.1, 0.15) is 24.4 Å². The Labute approximate surface area is 145 Å². The molecule has 6 nitrogen and oxygen atoms in total. The van der Waals surface area contributed by atoms with Crippen molar-refractivity contribution < 1.29 is 23.5 Å². The van der Waals surface area contributed by atoms with Gasteiger partial charge in [-0.15, -0.1) is 0 Å². The molecule has 1 saturated heterocycles. The molecular weight excluding hydrogens is 322 g/mol. The summed E-state index contributed by atoms with van der Waals surface area (Å²) < 4.78 is 16.0. The maximum Gasteiger partial charge on any atom is 0.328 e. The highest BCUT2D eigenvalue weighted by Gasteiger charge is 2.69. The van der Waals surface area contributed by atoms with E-state index in [4.69, 9.17) is 13.9 Å². The van der Waals surface area contributed by atoms with Gasteiger partial charge in [0.25, 0.3) is 5.91 Å². The average Bonchev–Trinajstić information content (AvgIpc) is 3.02. The number of amides is 1. The van der Waals surface area contributed by atoms with E-state index in [0.717, 1.165) is 5.39 Å². The summed E-state index contributed by atoms with van der Waals surface area (Å²) in [6.07, 6.45) is 0. The highest BCUT2D eigenvalue weighted by molar-refractivity contribution is 6.00. The lowest BCUT2D eigenvalue weighted by atomic mass is 10.0. The Hall–Kier alpha value is -2.50. The van der Waals surface area contributed by atoms with Crippen LogP contribution in [0.25, 0.3) is 11.0 Å². The van der Waals surface area contributed by atoms with Gasteiger partial charge in [-0.3, -0.25) is 4.79 Å². The number of furan rings is 1. The summed E-state index contributed by atoms with van der Waals surface area (Å²) in [6, 6.07) is 6.55. The molecule has 0 unspecified atom stereocenters. The topological polar surface area (TPSA) is 69.0 Å². The van der Waals surface area contributed by atoms with Crippen LogP contribution in [-0.2, 0) is 9.53 Å². The molecule has 1 aliphatic heterocycles. The molecule has 1 aromatic heterocycles. The van der Waals surface area contributed by atoms with Crippen LogP contribution in [0.15, 0.2) is 28.7 Å². The number of ether oxygens (including phenoxy) is 2. The summed E-state index contributed by atoms with van der Waals surface area (Å²) >= 11 is 0. The number of carbonyl (C=O) groups excluding carboxylic acids is 2. The molecule has 6 heteroatoms. The number of methoxy groups -OCH3 is 2. The van der Waals surface area contributed by atoms with Gasteiger partial charge in [0, 0.05) is 18.5 Å².